The molecule has 2 aromatic rings. The summed E-state index contributed by atoms with van der Waals surface area (Å²) in [7, 11) is 0. The Morgan fingerprint density at radius 2 is 2.17 bits per heavy atom. The van der Waals surface area contributed by atoms with Gasteiger partial charge < -0.3 is 9.88 Å². The molecule has 0 aliphatic heterocycles. The molecule has 0 spiro atoms. The molecule has 2 rings (SSSR count). The van der Waals surface area contributed by atoms with Gasteiger partial charge in [0.1, 0.15) is 6.54 Å². The van der Waals surface area contributed by atoms with E-state index in [2.05, 4.69) is 35.1 Å². The highest BCUT2D eigenvalue weighted by Gasteiger charge is 2.07. The Balaban J connectivity index is 2.12. The van der Waals surface area contributed by atoms with Gasteiger partial charge in [-0.2, -0.15) is 0 Å². The van der Waals surface area contributed by atoms with E-state index in [9.17, 15) is 4.79 Å². The van der Waals surface area contributed by atoms with Gasteiger partial charge in [0.05, 0.1) is 0 Å². The van der Waals surface area contributed by atoms with E-state index in [0.29, 0.717) is 12.5 Å². The fourth-order valence-electron chi connectivity index (χ4n) is 1.85. The second-order valence-electron chi connectivity index (χ2n) is 4.81. The monoisotopic (exact) mass is 308 g/mol. The first kappa shape index (κ1) is 13.1. The highest BCUT2D eigenvalue weighted by molar-refractivity contribution is 9.10. The maximum Gasteiger partial charge on any atom is 0.239 e. The van der Waals surface area contributed by atoms with Gasteiger partial charge in [-0.05, 0) is 24.1 Å². The maximum absolute atomic E-state index is 11.8. The lowest BCUT2D eigenvalue weighted by Crippen LogP contribution is -2.30. The van der Waals surface area contributed by atoms with Crippen molar-refractivity contribution in [3.8, 4) is 0 Å². The van der Waals surface area contributed by atoms with E-state index in [1.807, 2.05) is 35.0 Å². The van der Waals surface area contributed by atoms with Gasteiger partial charge in [0.25, 0.3) is 0 Å². The van der Waals surface area contributed by atoms with Crippen molar-refractivity contribution in [3.05, 3.63) is 34.9 Å². The van der Waals surface area contributed by atoms with Gasteiger partial charge in [0.2, 0.25) is 5.91 Å². The predicted molar refractivity (Wildman–Crippen MR) is 77.5 cm³/mol. The normalized spacial score (nSPS) is 11.1. The molecule has 96 valence electrons. The van der Waals surface area contributed by atoms with Gasteiger partial charge in [-0.1, -0.05) is 35.8 Å². The number of rotatable bonds is 4. The summed E-state index contributed by atoms with van der Waals surface area (Å²) >= 11 is 3.51. The fourth-order valence-corrected chi connectivity index (χ4v) is 2.34. The Kier molecular flexibility index (Phi) is 4.07. The quantitative estimate of drug-likeness (QED) is 0.925. The minimum absolute atomic E-state index is 0.0566. The third-order valence-corrected chi connectivity index (χ3v) is 3.47. The molecule has 0 fully saturated rings. The molecule has 0 saturated carbocycles. The molecule has 0 aliphatic rings. The number of fused-ring (bicyclic) bond motifs is 1. The molecule has 3 nitrogen and oxygen atoms in total. The smallest absolute Gasteiger partial charge is 0.239 e. The first-order valence-corrected chi connectivity index (χ1v) is 6.87. The van der Waals surface area contributed by atoms with Crippen LogP contribution in [0.25, 0.3) is 10.9 Å². The first-order valence-electron chi connectivity index (χ1n) is 6.08. The summed E-state index contributed by atoms with van der Waals surface area (Å²) in [5.74, 6) is 0.533. The SMILES string of the molecule is CC(C)CNC(=O)Cn1ccc2c(Br)cccc21. The second-order valence-corrected chi connectivity index (χ2v) is 5.67. The molecule has 18 heavy (non-hydrogen) atoms. The maximum atomic E-state index is 11.8. The minimum Gasteiger partial charge on any atom is -0.354 e. The number of aromatic nitrogens is 1. The van der Waals surface area contributed by atoms with Crippen LogP contribution in [0.1, 0.15) is 13.8 Å². The lowest BCUT2D eigenvalue weighted by Gasteiger charge is -2.09. The van der Waals surface area contributed by atoms with Gasteiger partial charge in [0, 0.05) is 28.1 Å². The van der Waals surface area contributed by atoms with E-state index in [1.54, 1.807) is 0 Å². The second kappa shape index (κ2) is 5.57. The summed E-state index contributed by atoms with van der Waals surface area (Å²) in [4.78, 5) is 11.8. The molecule has 0 bridgehead atoms. The summed E-state index contributed by atoms with van der Waals surface area (Å²) in [5, 5.41) is 4.06. The van der Waals surface area contributed by atoms with Gasteiger partial charge in [0.15, 0.2) is 0 Å². The molecule has 0 radical (unpaired) electrons. The molecule has 0 saturated heterocycles. The van der Waals surface area contributed by atoms with Crippen molar-refractivity contribution in [2.75, 3.05) is 6.54 Å². The van der Waals surface area contributed by atoms with Gasteiger partial charge in [-0.25, -0.2) is 0 Å². The zero-order chi connectivity index (χ0) is 13.1. The van der Waals surface area contributed by atoms with Gasteiger partial charge in [-0.15, -0.1) is 0 Å². The summed E-state index contributed by atoms with van der Waals surface area (Å²) in [5.41, 5.74) is 1.07. The molecule has 0 atom stereocenters. The standard InChI is InChI=1S/C14H17BrN2O/c1-10(2)8-16-14(18)9-17-7-6-11-12(15)4-3-5-13(11)17/h3-7,10H,8-9H2,1-2H3,(H,16,18). The fraction of sp³-hybridized carbons (Fsp3) is 0.357. The molecule has 1 N–H and O–H groups in total. The number of hydrogen-bond acceptors (Lipinski definition) is 1. The first-order chi connectivity index (χ1) is 8.58. The van der Waals surface area contributed by atoms with Crippen LogP contribution in [0, 0.1) is 5.92 Å². The summed E-state index contributed by atoms with van der Waals surface area (Å²) < 4.78 is 3.02. The molecule has 4 heteroatoms. The minimum atomic E-state index is 0.0566. The van der Waals surface area contributed by atoms with Crippen molar-refractivity contribution in [1.29, 1.82) is 0 Å². The Labute approximate surface area is 115 Å². The molecule has 0 aliphatic carbocycles. The Morgan fingerprint density at radius 3 is 2.89 bits per heavy atom. The van der Waals surface area contributed by atoms with Crippen LogP contribution in [0.5, 0.6) is 0 Å². The van der Waals surface area contributed by atoms with Crippen LogP contribution in [-0.2, 0) is 11.3 Å². The van der Waals surface area contributed by atoms with Crippen molar-refractivity contribution in [2.24, 2.45) is 5.92 Å². The molecule has 0 unspecified atom stereocenters. The molecular weight excluding hydrogens is 292 g/mol. The Hall–Kier alpha value is -1.29. The van der Waals surface area contributed by atoms with Crippen LogP contribution in [0.4, 0.5) is 0 Å². The number of benzene rings is 1. The summed E-state index contributed by atoms with van der Waals surface area (Å²) in [6.07, 6.45) is 1.95. The molecule has 1 aromatic heterocycles. The number of nitrogens with zero attached hydrogens (tertiary/aromatic N) is 1. The van der Waals surface area contributed by atoms with Crippen molar-refractivity contribution in [2.45, 2.75) is 20.4 Å². The molecule has 1 heterocycles. The molecular formula is C14H17BrN2O. The number of carbonyl (C=O) groups is 1. The average Bonchev–Trinajstić information content (AvgIpc) is 2.72. The van der Waals surface area contributed by atoms with Crippen LogP contribution in [0.2, 0.25) is 0 Å². The zero-order valence-corrected chi connectivity index (χ0v) is 12.2. The zero-order valence-electron chi connectivity index (χ0n) is 10.6. The number of carbonyl (C=O) groups excluding carboxylic acids is 1. The van der Waals surface area contributed by atoms with E-state index in [4.69, 9.17) is 0 Å². The topological polar surface area (TPSA) is 34.0 Å². The van der Waals surface area contributed by atoms with Crippen molar-refractivity contribution < 1.29 is 4.79 Å². The highest BCUT2D eigenvalue weighted by Crippen LogP contribution is 2.24. The van der Waals surface area contributed by atoms with Crippen LogP contribution in [-0.4, -0.2) is 17.0 Å². The van der Waals surface area contributed by atoms with Crippen LogP contribution in [0.3, 0.4) is 0 Å². The van der Waals surface area contributed by atoms with Crippen molar-refractivity contribution >= 4 is 32.7 Å². The number of halogens is 1. The lowest BCUT2D eigenvalue weighted by molar-refractivity contribution is -0.121. The van der Waals surface area contributed by atoms with E-state index in [-0.39, 0.29) is 5.91 Å². The largest absolute Gasteiger partial charge is 0.354 e. The highest BCUT2D eigenvalue weighted by atomic mass is 79.9. The average molecular weight is 309 g/mol. The van der Waals surface area contributed by atoms with Crippen LogP contribution in [0.15, 0.2) is 34.9 Å². The number of nitrogens with one attached hydrogen (secondary N) is 1. The van der Waals surface area contributed by atoms with Crippen molar-refractivity contribution in [3.63, 3.8) is 0 Å². The molecule has 1 amide bonds. The Bertz CT molecular complexity index is 560. The summed E-state index contributed by atoms with van der Waals surface area (Å²) in [6, 6.07) is 8.03. The third kappa shape index (κ3) is 2.93. The lowest BCUT2D eigenvalue weighted by atomic mass is 10.2. The number of amides is 1. The van der Waals surface area contributed by atoms with Crippen LogP contribution >= 0.6 is 15.9 Å². The van der Waals surface area contributed by atoms with E-state index in [0.717, 1.165) is 21.9 Å². The Morgan fingerprint density at radius 1 is 1.39 bits per heavy atom. The summed E-state index contributed by atoms with van der Waals surface area (Å²) in [6.45, 7) is 5.26. The van der Waals surface area contributed by atoms with Gasteiger partial charge in [-0.3, -0.25) is 4.79 Å². The predicted octanol–water partition coefficient (Wildman–Crippen LogP) is 3.18. The van der Waals surface area contributed by atoms with E-state index >= 15 is 0 Å². The van der Waals surface area contributed by atoms with Crippen LogP contribution < -0.4 is 5.32 Å². The molecule has 1 aromatic carbocycles. The van der Waals surface area contributed by atoms with Crippen molar-refractivity contribution in [1.82, 2.24) is 9.88 Å². The van der Waals surface area contributed by atoms with E-state index < -0.39 is 0 Å². The van der Waals surface area contributed by atoms with Gasteiger partial charge >= 0.3 is 0 Å². The number of hydrogen-bond donors (Lipinski definition) is 1. The third-order valence-electron chi connectivity index (χ3n) is 2.78. The van der Waals surface area contributed by atoms with E-state index in [1.165, 1.54) is 0 Å².